The van der Waals surface area contributed by atoms with E-state index in [1.54, 1.807) is 0 Å². The van der Waals surface area contributed by atoms with E-state index in [0.29, 0.717) is 19.4 Å². The first-order valence-electron chi connectivity index (χ1n) is 5.12. The van der Waals surface area contributed by atoms with Gasteiger partial charge in [-0.25, -0.2) is 10.4 Å². The Morgan fingerprint density at radius 1 is 1.29 bits per heavy atom. The van der Waals surface area contributed by atoms with Gasteiger partial charge in [0.2, 0.25) is 0 Å². The number of hydrazine groups is 1. The van der Waals surface area contributed by atoms with Crippen molar-refractivity contribution in [1.82, 2.24) is 10.4 Å². The minimum absolute atomic E-state index is 0.389. The van der Waals surface area contributed by atoms with Gasteiger partial charge < -0.3 is 15.3 Å². The highest BCUT2D eigenvalue weighted by molar-refractivity contribution is 5.80. The van der Waals surface area contributed by atoms with E-state index in [1.165, 1.54) is 5.01 Å². The third kappa shape index (κ3) is 3.68. The Labute approximate surface area is 96.8 Å². The van der Waals surface area contributed by atoms with Gasteiger partial charge in [-0.2, -0.15) is 0 Å². The molecule has 0 aromatic rings. The number of hydrogen-bond acceptors (Lipinski definition) is 5. The molecule has 4 N–H and O–H groups in total. The Balaban J connectivity index is 2.63. The SMILES string of the molecule is O=C(O)C[C@H](NN1CCC[C@@H]1C(=O)O)C(=O)O. The van der Waals surface area contributed by atoms with Crippen LogP contribution in [0.1, 0.15) is 19.3 Å². The van der Waals surface area contributed by atoms with E-state index < -0.39 is 36.4 Å². The highest BCUT2D eigenvalue weighted by Gasteiger charge is 2.34. The van der Waals surface area contributed by atoms with E-state index in [9.17, 15) is 14.4 Å². The molecule has 2 atom stereocenters. The molecule has 96 valence electrons. The van der Waals surface area contributed by atoms with Crippen molar-refractivity contribution in [1.29, 1.82) is 0 Å². The van der Waals surface area contributed by atoms with E-state index in [-0.39, 0.29) is 0 Å². The second-order valence-electron chi connectivity index (χ2n) is 3.81. The van der Waals surface area contributed by atoms with Crippen molar-refractivity contribution in [2.75, 3.05) is 6.54 Å². The Bertz CT molecular complexity index is 331. The number of aliphatic carboxylic acids is 3. The monoisotopic (exact) mass is 246 g/mol. The van der Waals surface area contributed by atoms with Crippen LogP contribution in [0.15, 0.2) is 0 Å². The zero-order valence-electron chi connectivity index (χ0n) is 9.00. The molecule has 1 saturated heterocycles. The van der Waals surface area contributed by atoms with Gasteiger partial charge in [-0.15, -0.1) is 0 Å². The summed E-state index contributed by atoms with van der Waals surface area (Å²) in [5, 5.41) is 27.5. The lowest BCUT2D eigenvalue weighted by Crippen LogP contribution is -2.53. The average molecular weight is 246 g/mol. The van der Waals surface area contributed by atoms with Crippen LogP contribution < -0.4 is 5.43 Å². The normalized spacial score (nSPS) is 22.2. The first-order chi connectivity index (χ1) is 7.91. The average Bonchev–Trinajstić information content (AvgIpc) is 2.63. The van der Waals surface area contributed by atoms with E-state index in [0.717, 1.165) is 0 Å². The van der Waals surface area contributed by atoms with Gasteiger partial charge in [-0.05, 0) is 12.8 Å². The van der Waals surface area contributed by atoms with E-state index in [2.05, 4.69) is 5.43 Å². The second kappa shape index (κ2) is 5.60. The van der Waals surface area contributed by atoms with E-state index in [4.69, 9.17) is 15.3 Å². The third-order valence-corrected chi connectivity index (χ3v) is 2.54. The molecule has 0 bridgehead atoms. The van der Waals surface area contributed by atoms with Crippen molar-refractivity contribution in [3.05, 3.63) is 0 Å². The summed E-state index contributed by atoms with van der Waals surface area (Å²) >= 11 is 0. The molecule has 0 aliphatic carbocycles. The molecular formula is C9H14N2O6. The molecule has 0 aromatic carbocycles. The predicted molar refractivity (Wildman–Crippen MR) is 54.2 cm³/mol. The number of carboxylic acids is 3. The molecule has 0 radical (unpaired) electrons. The number of rotatable bonds is 6. The number of carbonyl (C=O) groups is 3. The van der Waals surface area contributed by atoms with E-state index >= 15 is 0 Å². The maximum atomic E-state index is 10.8. The second-order valence-corrected chi connectivity index (χ2v) is 3.81. The number of hydrogen-bond donors (Lipinski definition) is 4. The molecule has 1 rings (SSSR count). The lowest BCUT2D eigenvalue weighted by molar-refractivity contribution is -0.150. The van der Waals surface area contributed by atoms with Crippen LogP contribution >= 0.6 is 0 Å². The van der Waals surface area contributed by atoms with Crippen LogP contribution in [0.25, 0.3) is 0 Å². The van der Waals surface area contributed by atoms with Crippen LogP contribution in [-0.4, -0.2) is 56.9 Å². The van der Waals surface area contributed by atoms with Crippen molar-refractivity contribution in [3.63, 3.8) is 0 Å². The fourth-order valence-corrected chi connectivity index (χ4v) is 1.74. The summed E-state index contributed by atoms with van der Waals surface area (Å²) < 4.78 is 0. The number of nitrogens with one attached hydrogen (secondary N) is 1. The van der Waals surface area contributed by atoms with Crippen LogP contribution in [0.3, 0.4) is 0 Å². The Kier molecular flexibility index (Phi) is 4.41. The largest absolute Gasteiger partial charge is 0.481 e. The number of carboxylic acid groups (broad SMARTS) is 3. The molecule has 1 heterocycles. The lowest BCUT2D eigenvalue weighted by Gasteiger charge is -2.25. The van der Waals surface area contributed by atoms with Crippen molar-refractivity contribution < 1.29 is 29.7 Å². The smallest absolute Gasteiger partial charge is 0.322 e. The molecule has 1 aliphatic rings. The summed E-state index contributed by atoms with van der Waals surface area (Å²) in [6.45, 7) is 0.389. The molecule has 0 amide bonds. The maximum absolute atomic E-state index is 10.8. The minimum Gasteiger partial charge on any atom is -0.481 e. The van der Waals surface area contributed by atoms with Crippen molar-refractivity contribution in [2.45, 2.75) is 31.3 Å². The summed E-state index contributed by atoms with van der Waals surface area (Å²) in [6.07, 6.45) is 0.448. The summed E-state index contributed by atoms with van der Waals surface area (Å²) in [5.74, 6) is -3.62. The quantitative estimate of drug-likeness (QED) is 0.468. The van der Waals surface area contributed by atoms with Crippen LogP contribution in [0.4, 0.5) is 0 Å². The fraction of sp³-hybridized carbons (Fsp3) is 0.667. The summed E-state index contributed by atoms with van der Waals surface area (Å²) in [5.41, 5.74) is 2.45. The lowest BCUT2D eigenvalue weighted by atomic mass is 10.2. The van der Waals surface area contributed by atoms with Crippen molar-refractivity contribution >= 4 is 17.9 Å². The van der Waals surface area contributed by atoms with Gasteiger partial charge in [0, 0.05) is 6.54 Å². The highest BCUT2D eigenvalue weighted by atomic mass is 16.4. The maximum Gasteiger partial charge on any atom is 0.322 e. The van der Waals surface area contributed by atoms with Gasteiger partial charge in [-0.1, -0.05) is 0 Å². The van der Waals surface area contributed by atoms with Crippen LogP contribution in [0, 0.1) is 0 Å². The minimum atomic E-state index is -1.32. The van der Waals surface area contributed by atoms with Crippen molar-refractivity contribution in [3.8, 4) is 0 Å². The molecule has 0 unspecified atom stereocenters. The fourth-order valence-electron chi connectivity index (χ4n) is 1.74. The third-order valence-electron chi connectivity index (χ3n) is 2.54. The van der Waals surface area contributed by atoms with Gasteiger partial charge in [0.25, 0.3) is 0 Å². The molecule has 1 fully saturated rings. The van der Waals surface area contributed by atoms with Gasteiger partial charge in [0.1, 0.15) is 12.1 Å². The topological polar surface area (TPSA) is 127 Å². The van der Waals surface area contributed by atoms with Crippen molar-refractivity contribution in [2.24, 2.45) is 0 Å². The van der Waals surface area contributed by atoms with Gasteiger partial charge in [0.15, 0.2) is 0 Å². The van der Waals surface area contributed by atoms with Crippen LogP contribution in [0.5, 0.6) is 0 Å². The Hall–Kier alpha value is -1.67. The van der Waals surface area contributed by atoms with Crippen LogP contribution in [-0.2, 0) is 14.4 Å². The Morgan fingerprint density at radius 2 is 1.94 bits per heavy atom. The van der Waals surface area contributed by atoms with E-state index in [1.807, 2.05) is 0 Å². The van der Waals surface area contributed by atoms with Gasteiger partial charge in [0.05, 0.1) is 6.42 Å². The molecular weight excluding hydrogens is 232 g/mol. The molecule has 17 heavy (non-hydrogen) atoms. The predicted octanol–water partition coefficient (Wildman–Crippen LogP) is -1.03. The summed E-state index contributed by atoms with van der Waals surface area (Å²) in [6, 6.07) is -2.11. The molecule has 0 spiro atoms. The Morgan fingerprint density at radius 3 is 2.41 bits per heavy atom. The first-order valence-corrected chi connectivity index (χ1v) is 5.12. The zero-order chi connectivity index (χ0) is 13.0. The standard InChI is InChI=1S/C9H14N2O6/c12-7(13)4-5(8(14)15)10-11-3-1-2-6(11)9(16)17/h5-6,10H,1-4H2,(H,12,13)(H,14,15)(H,16,17)/t5-,6+/m0/s1. The zero-order valence-corrected chi connectivity index (χ0v) is 9.00. The molecule has 0 aromatic heterocycles. The van der Waals surface area contributed by atoms with Gasteiger partial charge in [-0.3, -0.25) is 14.4 Å². The molecule has 8 nitrogen and oxygen atoms in total. The highest BCUT2D eigenvalue weighted by Crippen LogP contribution is 2.15. The number of nitrogens with zero attached hydrogens (tertiary/aromatic N) is 1. The summed E-state index contributed by atoms with van der Waals surface area (Å²) in [7, 11) is 0. The summed E-state index contributed by atoms with van der Waals surface area (Å²) in [4.78, 5) is 32.1. The molecule has 1 aliphatic heterocycles. The first kappa shape index (κ1) is 13.4. The van der Waals surface area contributed by atoms with Gasteiger partial charge >= 0.3 is 17.9 Å². The molecule has 8 heteroatoms. The molecule has 0 saturated carbocycles. The van der Waals surface area contributed by atoms with Crippen LogP contribution in [0.2, 0.25) is 0 Å².